The van der Waals surface area contributed by atoms with E-state index in [4.69, 9.17) is 33.2 Å². The maximum Gasteiger partial charge on any atom is 0.273 e. The molecule has 2 aromatic heterocycles. The highest BCUT2D eigenvalue weighted by Gasteiger charge is 2.44. The van der Waals surface area contributed by atoms with E-state index < -0.39 is 41.3 Å². The first-order chi connectivity index (χ1) is 39.0. The van der Waals surface area contributed by atoms with E-state index in [2.05, 4.69) is 26.1 Å². The van der Waals surface area contributed by atoms with Gasteiger partial charge in [-0.25, -0.2) is 10.4 Å². The molecule has 0 radical (unpaired) electrons. The van der Waals surface area contributed by atoms with Crippen molar-refractivity contribution in [3.63, 3.8) is 0 Å². The van der Waals surface area contributed by atoms with E-state index in [0.717, 1.165) is 37.5 Å². The molecular weight excluding hydrogens is 1080 g/mol. The van der Waals surface area contributed by atoms with Crippen LogP contribution in [0.25, 0.3) is 31.0 Å². The van der Waals surface area contributed by atoms with Gasteiger partial charge >= 0.3 is 0 Å². The Balaban J connectivity index is 0.667. The van der Waals surface area contributed by atoms with Crippen molar-refractivity contribution in [2.24, 2.45) is 10.5 Å². The molecule has 1 saturated heterocycles. The molecule has 3 heterocycles. The van der Waals surface area contributed by atoms with Crippen LogP contribution in [0, 0.1) is 12.3 Å². The smallest absolute Gasteiger partial charge is 0.273 e. The molecule has 6 N–H and O–H groups in total. The molecule has 1 aliphatic rings. The Bertz CT molecular complexity index is 3000. The highest BCUT2D eigenvalue weighted by Crippen LogP contribution is 2.40. The number of carbonyl (C=O) groups is 4. The predicted octanol–water partition coefficient (Wildman–Crippen LogP) is 7.02. The van der Waals surface area contributed by atoms with E-state index in [0.29, 0.717) is 87.6 Å². The zero-order valence-electron chi connectivity index (χ0n) is 46.2. The number of nitrogens with zero attached hydrogens (tertiary/aromatic N) is 3. The summed E-state index contributed by atoms with van der Waals surface area (Å²) in [4.78, 5) is 61.5. The number of aliphatic hydroxyl groups is 1. The molecule has 4 aromatic carbocycles. The van der Waals surface area contributed by atoms with Gasteiger partial charge in [-0.2, -0.15) is 5.10 Å². The molecule has 81 heavy (non-hydrogen) atoms. The molecular formula is C59H72N6O14S2. The van der Waals surface area contributed by atoms with Crippen LogP contribution in [0.2, 0.25) is 0 Å². The van der Waals surface area contributed by atoms with Crippen molar-refractivity contribution >= 4 is 62.6 Å². The van der Waals surface area contributed by atoms with E-state index in [-0.39, 0.29) is 56.2 Å². The fourth-order valence-electron chi connectivity index (χ4n) is 8.70. The van der Waals surface area contributed by atoms with Crippen LogP contribution in [0.15, 0.2) is 102 Å². The number of aryl methyl sites for hydroxylation is 1. The van der Waals surface area contributed by atoms with Crippen LogP contribution in [0.4, 0.5) is 0 Å². The van der Waals surface area contributed by atoms with Gasteiger partial charge in [-0.3, -0.25) is 19.2 Å². The van der Waals surface area contributed by atoms with Gasteiger partial charge < -0.3 is 64.0 Å². The number of aromatic hydroxyl groups is 2. The van der Waals surface area contributed by atoms with E-state index in [1.54, 1.807) is 59.9 Å². The minimum Gasteiger partial charge on any atom is -0.508 e. The van der Waals surface area contributed by atoms with E-state index in [1.165, 1.54) is 28.5 Å². The van der Waals surface area contributed by atoms with Crippen molar-refractivity contribution in [1.29, 1.82) is 0 Å². The summed E-state index contributed by atoms with van der Waals surface area (Å²) < 4.78 is 39.9. The molecule has 0 spiro atoms. The lowest BCUT2D eigenvalue weighted by Gasteiger charge is -2.35. The number of hydrogen-bond acceptors (Lipinski definition) is 18. The second kappa shape index (κ2) is 30.8. The molecule has 434 valence electrons. The molecule has 1 fully saturated rings. The lowest BCUT2D eigenvalue weighted by molar-refractivity contribution is -0.144. The quantitative estimate of drug-likeness (QED) is 0.0145. The number of phenolic OH excluding ortho intramolecular Hbond substituents is 2. The number of hydrazone groups is 1. The third kappa shape index (κ3) is 18.6. The largest absolute Gasteiger partial charge is 0.508 e. The summed E-state index contributed by atoms with van der Waals surface area (Å²) in [7, 11) is 0. The van der Waals surface area contributed by atoms with Crippen LogP contribution in [0.1, 0.15) is 67.3 Å². The molecule has 0 aliphatic carbocycles. The van der Waals surface area contributed by atoms with Crippen LogP contribution in [-0.2, 0) is 42.8 Å². The van der Waals surface area contributed by atoms with Crippen molar-refractivity contribution in [2.45, 2.75) is 65.3 Å². The summed E-state index contributed by atoms with van der Waals surface area (Å²) in [6.07, 6.45) is 0.728. The number of rotatable bonds is 31. The molecule has 22 heteroatoms. The second-order valence-electron chi connectivity index (χ2n) is 20.1. The third-order valence-corrected chi connectivity index (χ3v) is 15.1. The minimum absolute atomic E-state index is 0.0299. The zero-order valence-corrected chi connectivity index (χ0v) is 47.9. The van der Waals surface area contributed by atoms with Gasteiger partial charge in [-0.05, 0) is 108 Å². The number of thiophene rings is 1. The van der Waals surface area contributed by atoms with Crippen molar-refractivity contribution < 1.29 is 67.7 Å². The maximum absolute atomic E-state index is 14.0. The number of hydrogen-bond donors (Lipinski definition) is 6. The number of likely N-dealkylation sites (tertiary alicyclic amines) is 1. The normalized spacial score (nSPS) is 15.3. The molecule has 1 aliphatic heterocycles. The number of aliphatic hydroxyl groups excluding tert-OH is 1. The van der Waals surface area contributed by atoms with Crippen molar-refractivity contribution in [3.8, 4) is 38.1 Å². The van der Waals surface area contributed by atoms with Crippen LogP contribution in [-0.4, -0.2) is 166 Å². The summed E-state index contributed by atoms with van der Waals surface area (Å²) in [6, 6.07) is 24.3. The lowest BCUT2D eigenvalue weighted by Crippen LogP contribution is -2.58. The number of aromatic nitrogens is 1. The first kappa shape index (κ1) is 61.8. The SMILES string of the molecule is Cc1ncsc1-c1ccc(C(C)NC(=O)C2CC(O)CN2C(=O)C(NC(=O)COCCOCCOCCOCCOCCOCCOc2ccc(C=NNC(=O)c3c(-c4ccc(O)cc4)sc4cc(O)ccc34)cc2)C(C)(C)C)cc1. The van der Waals surface area contributed by atoms with E-state index in [9.17, 15) is 34.5 Å². The lowest BCUT2D eigenvalue weighted by atomic mass is 9.85. The van der Waals surface area contributed by atoms with Gasteiger partial charge in [0.1, 0.15) is 42.5 Å². The monoisotopic (exact) mass is 1150 g/mol. The Morgan fingerprint density at radius 2 is 1.31 bits per heavy atom. The molecule has 4 unspecified atom stereocenters. The zero-order chi connectivity index (χ0) is 57.7. The first-order valence-corrected chi connectivity index (χ1v) is 28.4. The molecule has 6 aromatic rings. The molecule has 7 rings (SSSR count). The number of nitrogens with one attached hydrogen (secondary N) is 3. The van der Waals surface area contributed by atoms with Gasteiger partial charge in [0.15, 0.2) is 0 Å². The number of benzene rings is 4. The van der Waals surface area contributed by atoms with Crippen molar-refractivity contribution in [2.75, 3.05) is 92.4 Å². The molecule has 4 amide bonds. The summed E-state index contributed by atoms with van der Waals surface area (Å²) in [5, 5.41) is 41.0. The standard InChI is InChI=1S/C59H72N6O14S2/c1-38(41-8-10-42(11-9-41)53-39(2)60-37-80-53)62-56(70)49-32-46(68)35-65(49)58(72)55(59(3,4)5)63-51(69)36-78-29-28-76-25-24-74-21-20-73-22-23-75-26-27-77-30-31-79-47-17-6-40(7-18-47)34-61-64-57(71)52-48-19-16-45(67)33-50(48)81-54(52)43-12-14-44(66)15-13-43/h6-19,33-34,37-38,46,49,55,66-68H,20-32,35-36H2,1-5H3,(H,62,70)(H,63,69)(H,64,71). The number of fused-ring (bicyclic) bond motifs is 1. The van der Waals surface area contributed by atoms with Crippen LogP contribution in [0.3, 0.4) is 0 Å². The van der Waals surface area contributed by atoms with Gasteiger partial charge in [-0.15, -0.1) is 22.7 Å². The fraction of sp³-hybridized carbons (Fsp3) is 0.424. The summed E-state index contributed by atoms with van der Waals surface area (Å²) in [5.41, 5.74) is 8.52. The molecule has 0 saturated carbocycles. The van der Waals surface area contributed by atoms with Crippen LogP contribution >= 0.6 is 22.7 Å². The van der Waals surface area contributed by atoms with Crippen LogP contribution in [0.5, 0.6) is 17.2 Å². The number of ether oxygens (including phenoxy) is 7. The third-order valence-electron chi connectivity index (χ3n) is 12.9. The average Bonchev–Trinajstić information content (AvgIpc) is 4.20. The number of carbonyl (C=O) groups excluding carboxylic acids is 4. The topological polar surface area (TPSA) is 258 Å². The highest BCUT2D eigenvalue weighted by molar-refractivity contribution is 7.22. The van der Waals surface area contributed by atoms with Crippen molar-refractivity contribution in [3.05, 3.63) is 119 Å². The Kier molecular flexibility index (Phi) is 23.5. The highest BCUT2D eigenvalue weighted by atomic mass is 32.1. The summed E-state index contributed by atoms with van der Waals surface area (Å²) in [6.45, 7) is 13.1. The minimum atomic E-state index is -0.980. The molecule has 0 bridgehead atoms. The Morgan fingerprint density at radius 1 is 0.741 bits per heavy atom. The van der Waals surface area contributed by atoms with Crippen LogP contribution < -0.4 is 20.8 Å². The molecule has 4 atom stereocenters. The Labute approximate surface area is 479 Å². The van der Waals surface area contributed by atoms with Gasteiger partial charge in [0.2, 0.25) is 17.7 Å². The van der Waals surface area contributed by atoms with Gasteiger partial charge in [0.25, 0.3) is 5.91 Å². The average molecular weight is 1150 g/mol. The fourth-order valence-corrected chi connectivity index (χ4v) is 10.7. The van der Waals surface area contributed by atoms with E-state index >= 15 is 0 Å². The van der Waals surface area contributed by atoms with Gasteiger partial charge in [0, 0.05) is 27.9 Å². The van der Waals surface area contributed by atoms with Gasteiger partial charge in [-0.1, -0.05) is 45.0 Å². The first-order valence-electron chi connectivity index (χ1n) is 26.7. The summed E-state index contributed by atoms with van der Waals surface area (Å²) >= 11 is 2.93. The number of thiazole rings is 1. The Hall–Kier alpha value is -6.86. The number of amides is 4. The maximum atomic E-state index is 14.0. The van der Waals surface area contributed by atoms with E-state index in [1.807, 2.05) is 76.5 Å². The summed E-state index contributed by atoms with van der Waals surface area (Å²) in [5.74, 6) is -0.873. The number of phenols is 2. The Morgan fingerprint density at radius 3 is 1.90 bits per heavy atom. The van der Waals surface area contributed by atoms with Crippen molar-refractivity contribution in [1.82, 2.24) is 25.9 Å². The second-order valence-corrected chi connectivity index (χ2v) is 22.1. The predicted molar refractivity (Wildman–Crippen MR) is 309 cm³/mol. The molecule has 20 nitrogen and oxygen atoms in total. The number of β-amino-alcohol motifs (C(OH)–C–C–N with tert-alkyl or cyclic N) is 1. The van der Waals surface area contributed by atoms with Gasteiger partial charge in [0.05, 0.1) is 113 Å².